The van der Waals surface area contributed by atoms with Crippen LogP contribution in [0.15, 0.2) is 107 Å². The molecule has 2 heterocycles. The number of fused-ring (bicyclic) bond motifs is 1. The molecule has 0 aliphatic carbocycles. The van der Waals surface area contributed by atoms with E-state index in [1.54, 1.807) is 76.5 Å². The van der Waals surface area contributed by atoms with Gasteiger partial charge in [-0.15, -0.1) is 0 Å². The number of pyridine rings is 1. The Morgan fingerprint density at radius 2 is 1.67 bits per heavy atom. The summed E-state index contributed by atoms with van der Waals surface area (Å²) in [6.07, 6.45) is 4.93. The average Bonchev–Trinajstić information content (AvgIpc) is 3.43. The molecule has 0 fully saturated rings. The Balaban J connectivity index is 1.65. The second-order valence-electron chi connectivity index (χ2n) is 10.5. The fourth-order valence-electron chi connectivity index (χ4n) is 4.51. The lowest BCUT2D eigenvalue weighted by Crippen LogP contribution is -2.37. The highest BCUT2D eigenvalue weighted by Gasteiger charge is 2.36. The summed E-state index contributed by atoms with van der Waals surface area (Å²) in [6, 6.07) is 26.2. The van der Waals surface area contributed by atoms with E-state index in [0.29, 0.717) is 27.9 Å². The lowest BCUT2D eigenvalue weighted by Gasteiger charge is -2.24. The van der Waals surface area contributed by atoms with Crippen LogP contribution < -0.4 is 14.9 Å². The lowest BCUT2D eigenvalue weighted by molar-refractivity contribution is -0.149. The summed E-state index contributed by atoms with van der Waals surface area (Å²) < 4.78 is 27.9. The summed E-state index contributed by atoms with van der Waals surface area (Å²) in [6.45, 7) is 5.05. The van der Waals surface area contributed by atoms with Crippen LogP contribution in [-0.4, -0.2) is 45.6 Å². The highest BCUT2D eigenvalue weighted by atomic mass is 32.2. The van der Waals surface area contributed by atoms with Crippen molar-refractivity contribution in [2.45, 2.75) is 42.7 Å². The molecule has 10 nitrogen and oxygen atoms in total. The van der Waals surface area contributed by atoms with Crippen molar-refractivity contribution >= 4 is 54.4 Å². The molecule has 2 aromatic heterocycles. The maximum absolute atomic E-state index is 15.0. The van der Waals surface area contributed by atoms with Crippen molar-refractivity contribution in [1.82, 2.24) is 24.9 Å². The molecule has 0 aliphatic rings. The number of aromatic nitrogens is 3. The third-order valence-electron chi connectivity index (χ3n) is 6.63. The maximum atomic E-state index is 15.0. The molecule has 0 bridgehead atoms. The van der Waals surface area contributed by atoms with Crippen LogP contribution in [0.1, 0.15) is 42.5 Å². The Kier molecular flexibility index (Phi) is 10.4. The smallest absolute Gasteiger partial charge is 0.440 e. The van der Waals surface area contributed by atoms with E-state index in [1.807, 2.05) is 60.7 Å². The van der Waals surface area contributed by atoms with E-state index in [4.69, 9.17) is 14.4 Å². The normalized spacial score (nSPS) is 13.4. The number of carbonyl (C=O) groups is 2. The molecule has 0 saturated carbocycles. The first-order valence-corrected chi connectivity index (χ1v) is 17.0. The monoisotopic (exact) mass is 655 g/mol. The standard InChI is InChI=1S/C34H34N5O5PS/c1-23(2)43-34(41)24(3)38-45(42,44-26-13-6-5-7-14-26)39-31-22-27(46-32-16-9-8-15-29(32)33(40)35-4)18-19-28(31)30(37-39)20-17-25-12-10-11-21-36-25/h5-24H,1-4H3,(H,35,40)(H,38,42)/b20-17+. The van der Waals surface area contributed by atoms with Crippen LogP contribution in [0, 0.1) is 0 Å². The van der Waals surface area contributed by atoms with E-state index in [1.165, 1.54) is 16.2 Å². The van der Waals surface area contributed by atoms with Gasteiger partial charge in [0.1, 0.15) is 11.8 Å². The van der Waals surface area contributed by atoms with Gasteiger partial charge in [-0.1, -0.05) is 48.2 Å². The third-order valence-corrected chi connectivity index (χ3v) is 9.67. The summed E-state index contributed by atoms with van der Waals surface area (Å²) >= 11 is 1.39. The fourth-order valence-corrected chi connectivity index (χ4v) is 7.39. The van der Waals surface area contributed by atoms with Crippen molar-refractivity contribution in [3.05, 3.63) is 114 Å². The fraction of sp³-hybridized carbons (Fsp3) is 0.176. The van der Waals surface area contributed by atoms with Crippen LogP contribution in [0.4, 0.5) is 0 Å². The number of hydrogen-bond acceptors (Lipinski definition) is 8. The quantitative estimate of drug-likeness (QED) is 0.107. The van der Waals surface area contributed by atoms with E-state index >= 15 is 4.57 Å². The van der Waals surface area contributed by atoms with Gasteiger partial charge in [-0.2, -0.15) is 9.55 Å². The summed E-state index contributed by atoms with van der Waals surface area (Å²) in [5.74, 6) is -0.467. The number of ether oxygens (including phenoxy) is 1. The SMILES string of the molecule is CNC(=O)c1ccccc1Sc1ccc2c(/C=C/c3ccccn3)nn(P(=O)(NC(C)C(=O)OC(C)C)Oc3ccccc3)c2c1. The Morgan fingerprint density at radius 1 is 0.935 bits per heavy atom. The molecule has 2 unspecified atom stereocenters. The molecule has 0 saturated heterocycles. The number of rotatable bonds is 12. The highest BCUT2D eigenvalue weighted by Crippen LogP contribution is 2.48. The van der Waals surface area contributed by atoms with Crippen LogP contribution in [0.2, 0.25) is 0 Å². The molecule has 2 atom stereocenters. The number of carbonyl (C=O) groups excluding carboxylic acids is 2. The van der Waals surface area contributed by atoms with E-state index in [-0.39, 0.29) is 12.0 Å². The van der Waals surface area contributed by atoms with Gasteiger partial charge in [0.2, 0.25) is 0 Å². The first-order chi connectivity index (χ1) is 22.2. The second kappa shape index (κ2) is 14.6. The first-order valence-electron chi connectivity index (χ1n) is 14.6. The average molecular weight is 656 g/mol. The molecular weight excluding hydrogens is 621 g/mol. The Morgan fingerprint density at radius 3 is 2.39 bits per heavy atom. The number of nitrogens with one attached hydrogen (secondary N) is 2. The molecule has 5 rings (SSSR count). The van der Waals surface area contributed by atoms with Gasteiger partial charge in [0.25, 0.3) is 5.91 Å². The minimum atomic E-state index is -4.17. The molecule has 236 valence electrons. The van der Waals surface area contributed by atoms with Crippen molar-refractivity contribution in [3.63, 3.8) is 0 Å². The number of amides is 1. The van der Waals surface area contributed by atoms with Crippen molar-refractivity contribution in [3.8, 4) is 5.75 Å². The number of nitrogens with zero attached hydrogens (tertiary/aromatic N) is 3. The number of para-hydroxylation sites is 1. The van der Waals surface area contributed by atoms with Gasteiger partial charge < -0.3 is 14.6 Å². The molecule has 0 aliphatic heterocycles. The van der Waals surface area contributed by atoms with E-state index in [0.717, 1.165) is 15.5 Å². The minimum Gasteiger partial charge on any atom is -0.462 e. The summed E-state index contributed by atoms with van der Waals surface area (Å²) in [7, 11) is -2.58. The third kappa shape index (κ3) is 7.74. The minimum absolute atomic E-state index is 0.205. The summed E-state index contributed by atoms with van der Waals surface area (Å²) in [5, 5.41) is 11.1. The van der Waals surface area contributed by atoms with Crippen molar-refractivity contribution in [2.24, 2.45) is 0 Å². The molecule has 12 heteroatoms. The number of esters is 1. The van der Waals surface area contributed by atoms with Crippen molar-refractivity contribution < 1.29 is 23.4 Å². The molecule has 46 heavy (non-hydrogen) atoms. The van der Waals surface area contributed by atoms with Crippen LogP contribution >= 0.6 is 19.4 Å². The predicted molar refractivity (Wildman–Crippen MR) is 181 cm³/mol. The second-order valence-corrected chi connectivity index (χ2v) is 13.5. The van der Waals surface area contributed by atoms with Gasteiger partial charge >= 0.3 is 13.6 Å². The zero-order valence-electron chi connectivity index (χ0n) is 25.8. The number of benzene rings is 3. The van der Waals surface area contributed by atoms with Crippen molar-refractivity contribution in [1.29, 1.82) is 0 Å². The summed E-state index contributed by atoms with van der Waals surface area (Å²) in [4.78, 5) is 31.3. The zero-order chi connectivity index (χ0) is 32.7. The Bertz CT molecular complexity index is 1910. The zero-order valence-corrected chi connectivity index (χ0v) is 27.5. The van der Waals surface area contributed by atoms with E-state index in [2.05, 4.69) is 15.4 Å². The molecule has 2 N–H and O–H groups in total. The highest BCUT2D eigenvalue weighted by molar-refractivity contribution is 7.99. The van der Waals surface area contributed by atoms with Crippen LogP contribution in [0.5, 0.6) is 5.75 Å². The van der Waals surface area contributed by atoms with Crippen molar-refractivity contribution in [2.75, 3.05) is 7.05 Å². The van der Waals surface area contributed by atoms with E-state index < -0.39 is 19.7 Å². The Hall–Kier alpha value is -4.70. The predicted octanol–water partition coefficient (Wildman–Crippen LogP) is 7.08. The topological polar surface area (TPSA) is 124 Å². The van der Waals surface area contributed by atoms with Crippen LogP contribution in [0.3, 0.4) is 0 Å². The molecule has 0 spiro atoms. The van der Waals surface area contributed by atoms with Gasteiger partial charge in [-0.3, -0.25) is 14.6 Å². The molecule has 5 aromatic rings. The van der Waals surface area contributed by atoms with E-state index in [9.17, 15) is 9.59 Å². The van der Waals surface area contributed by atoms with Crippen LogP contribution in [0.25, 0.3) is 23.1 Å². The van der Waals surface area contributed by atoms with Gasteiger partial charge in [0.05, 0.1) is 28.6 Å². The number of hydrogen-bond donors (Lipinski definition) is 2. The van der Waals surface area contributed by atoms with Crippen LogP contribution in [-0.2, 0) is 14.1 Å². The molecule has 1 amide bonds. The lowest BCUT2D eigenvalue weighted by atomic mass is 10.2. The van der Waals surface area contributed by atoms with Gasteiger partial charge in [0, 0.05) is 28.4 Å². The Labute approximate surface area is 271 Å². The summed E-state index contributed by atoms with van der Waals surface area (Å²) in [5.41, 5.74) is 2.24. The maximum Gasteiger partial charge on any atom is 0.440 e. The van der Waals surface area contributed by atoms with Gasteiger partial charge in [0.15, 0.2) is 0 Å². The van der Waals surface area contributed by atoms with Gasteiger partial charge in [-0.05, 0) is 87.5 Å². The molecular formula is C34H34N5O5PS. The molecule has 3 aromatic carbocycles. The first kappa shape index (κ1) is 32.7. The largest absolute Gasteiger partial charge is 0.462 e. The molecule has 0 radical (unpaired) electrons. The van der Waals surface area contributed by atoms with Gasteiger partial charge in [-0.25, -0.2) is 9.65 Å².